The van der Waals surface area contributed by atoms with Gasteiger partial charge in [-0.15, -0.1) is 0 Å². The van der Waals surface area contributed by atoms with E-state index < -0.39 is 12.0 Å². The molecule has 0 bridgehead atoms. The van der Waals surface area contributed by atoms with Crippen LogP contribution < -0.4 is 11.1 Å². The van der Waals surface area contributed by atoms with Gasteiger partial charge in [0, 0.05) is 6.54 Å². The first-order chi connectivity index (χ1) is 12.1. The summed E-state index contributed by atoms with van der Waals surface area (Å²) < 4.78 is 5.13. The van der Waals surface area contributed by atoms with Gasteiger partial charge >= 0.3 is 5.97 Å². The van der Waals surface area contributed by atoms with Crippen molar-refractivity contribution in [3.63, 3.8) is 0 Å². The molecule has 0 saturated carbocycles. The molecule has 0 aliphatic rings. The summed E-state index contributed by atoms with van der Waals surface area (Å²) in [6, 6.07) is 18.0. The summed E-state index contributed by atoms with van der Waals surface area (Å²) in [7, 11) is 0. The highest BCUT2D eigenvalue weighted by Crippen LogP contribution is 2.12. The van der Waals surface area contributed by atoms with E-state index in [-0.39, 0.29) is 18.4 Å². The Kier molecular flexibility index (Phi) is 7.16. The predicted molar refractivity (Wildman–Crippen MR) is 96.6 cm³/mol. The van der Waals surface area contributed by atoms with Crippen LogP contribution in [0.25, 0.3) is 0 Å². The Morgan fingerprint density at radius 2 is 1.64 bits per heavy atom. The van der Waals surface area contributed by atoms with Crippen molar-refractivity contribution in [3.8, 4) is 0 Å². The number of nitrogens with one attached hydrogen (secondary N) is 1. The first kappa shape index (κ1) is 18.7. The van der Waals surface area contributed by atoms with Gasteiger partial charge in [0.15, 0.2) is 0 Å². The van der Waals surface area contributed by atoms with E-state index in [1.54, 1.807) is 19.1 Å². The molecule has 0 radical (unpaired) electrons. The molecular formula is C20H24N2O3. The van der Waals surface area contributed by atoms with Crippen LogP contribution in [0.3, 0.4) is 0 Å². The van der Waals surface area contributed by atoms with Crippen molar-refractivity contribution < 1.29 is 14.3 Å². The van der Waals surface area contributed by atoms with Gasteiger partial charge in [-0.3, -0.25) is 9.59 Å². The monoisotopic (exact) mass is 340 g/mol. The van der Waals surface area contributed by atoms with Gasteiger partial charge in [-0.25, -0.2) is 0 Å². The van der Waals surface area contributed by atoms with Crippen molar-refractivity contribution >= 4 is 11.9 Å². The Morgan fingerprint density at radius 3 is 2.24 bits per heavy atom. The van der Waals surface area contributed by atoms with Crippen molar-refractivity contribution in [2.45, 2.75) is 19.4 Å². The average Bonchev–Trinajstić information content (AvgIpc) is 2.66. The third-order valence-electron chi connectivity index (χ3n) is 3.91. The number of ether oxygens (including phenoxy) is 1. The Hall–Kier alpha value is -2.66. The van der Waals surface area contributed by atoms with Gasteiger partial charge in [0.05, 0.1) is 12.5 Å². The van der Waals surface area contributed by atoms with E-state index in [0.717, 1.165) is 11.1 Å². The molecule has 0 saturated heterocycles. The third-order valence-corrected chi connectivity index (χ3v) is 3.91. The van der Waals surface area contributed by atoms with Crippen LogP contribution in [-0.2, 0) is 20.7 Å². The number of hydrogen-bond acceptors (Lipinski definition) is 4. The number of carbonyl (C=O) groups excluding carboxylic acids is 2. The fourth-order valence-corrected chi connectivity index (χ4v) is 2.54. The average molecular weight is 340 g/mol. The highest BCUT2D eigenvalue weighted by molar-refractivity contribution is 5.83. The SMILES string of the molecule is CCOC(=O)C(CNC(=O)C(N)c1ccccc1)Cc1ccccc1. The smallest absolute Gasteiger partial charge is 0.311 e. The van der Waals surface area contributed by atoms with E-state index in [1.807, 2.05) is 48.5 Å². The first-order valence-corrected chi connectivity index (χ1v) is 8.40. The molecule has 3 N–H and O–H groups in total. The van der Waals surface area contributed by atoms with Crippen LogP contribution in [0, 0.1) is 5.92 Å². The summed E-state index contributed by atoms with van der Waals surface area (Å²) in [5.41, 5.74) is 7.73. The van der Waals surface area contributed by atoms with Crippen LogP contribution in [0.1, 0.15) is 24.1 Å². The quantitative estimate of drug-likeness (QED) is 0.722. The lowest BCUT2D eigenvalue weighted by Gasteiger charge is -2.18. The van der Waals surface area contributed by atoms with E-state index in [1.165, 1.54) is 0 Å². The van der Waals surface area contributed by atoms with Crippen molar-refractivity contribution in [2.75, 3.05) is 13.2 Å². The molecule has 2 atom stereocenters. The number of rotatable bonds is 8. The number of nitrogens with two attached hydrogens (primary N) is 1. The largest absolute Gasteiger partial charge is 0.466 e. The van der Waals surface area contributed by atoms with Gasteiger partial charge in [-0.1, -0.05) is 60.7 Å². The van der Waals surface area contributed by atoms with Crippen molar-refractivity contribution in [1.29, 1.82) is 0 Å². The topological polar surface area (TPSA) is 81.4 Å². The number of amides is 1. The van der Waals surface area contributed by atoms with Crippen LogP contribution in [0.2, 0.25) is 0 Å². The lowest BCUT2D eigenvalue weighted by Crippen LogP contribution is -2.39. The van der Waals surface area contributed by atoms with Gasteiger partial charge in [-0.2, -0.15) is 0 Å². The predicted octanol–water partition coefficient (Wildman–Crippen LogP) is 2.22. The van der Waals surface area contributed by atoms with Crippen LogP contribution in [0.4, 0.5) is 0 Å². The molecule has 0 aromatic heterocycles. The molecule has 1 amide bonds. The Balaban J connectivity index is 1.98. The Morgan fingerprint density at radius 1 is 1.04 bits per heavy atom. The standard InChI is InChI=1S/C20H24N2O3/c1-2-25-20(24)17(13-15-9-5-3-6-10-15)14-22-19(23)18(21)16-11-7-4-8-12-16/h3-12,17-18H,2,13-14,21H2,1H3,(H,22,23). The molecule has 5 nitrogen and oxygen atoms in total. The summed E-state index contributed by atoms with van der Waals surface area (Å²) in [6.07, 6.45) is 0.501. The summed E-state index contributed by atoms with van der Waals surface area (Å²) in [5.74, 6) is -1.08. The zero-order valence-corrected chi connectivity index (χ0v) is 14.4. The maximum absolute atomic E-state index is 12.3. The van der Waals surface area contributed by atoms with Crippen molar-refractivity contribution in [2.24, 2.45) is 11.7 Å². The molecule has 2 rings (SSSR count). The van der Waals surface area contributed by atoms with E-state index >= 15 is 0 Å². The van der Waals surface area contributed by atoms with Gasteiger partial charge in [-0.05, 0) is 24.5 Å². The minimum absolute atomic E-state index is 0.188. The molecule has 0 spiro atoms. The molecule has 2 unspecified atom stereocenters. The maximum Gasteiger partial charge on any atom is 0.311 e. The third kappa shape index (κ3) is 5.72. The van der Waals surface area contributed by atoms with E-state index in [4.69, 9.17) is 10.5 Å². The Labute approximate surface area is 148 Å². The van der Waals surface area contributed by atoms with Crippen LogP contribution in [-0.4, -0.2) is 25.0 Å². The van der Waals surface area contributed by atoms with Crippen LogP contribution in [0.5, 0.6) is 0 Å². The van der Waals surface area contributed by atoms with Gasteiger partial charge in [0.2, 0.25) is 5.91 Å². The summed E-state index contributed by atoms with van der Waals surface area (Å²) in [6.45, 7) is 2.26. The van der Waals surface area contributed by atoms with Crippen molar-refractivity contribution in [1.82, 2.24) is 5.32 Å². The number of hydrogen-bond donors (Lipinski definition) is 2. The van der Waals surface area contributed by atoms with Gasteiger partial charge in [0.1, 0.15) is 6.04 Å². The first-order valence-electron chi connectivity index (χ1n) is 8.40. The highest BCUT2D eigenvalue weighted by Gasteiger charge is 2.23. The van der Waals surface area contributed by atoms with Crippen LogP contribution >= 0.6 is 0 Å². The molecule has 0 aliphatic carbocycles. The molecule has 25 heavy (non-hydrogen) atoms. The summed E-state index contributed by atoms with van der Waals surface area (Å²) in [5, 5.41) is 2.78. The van der Waals surface area contributed by atoms with E-state index in [0.29, 0.717) is 13.0 Å². The minimum Gasteiger partial charge on any atom is -0.466 e. The van der Waals surface area contributed by atoms with Gasteiger partial charge in [0.25, 0.3) is 0 Å². The summed E-state index contributed by atoms with van der Waals surface area (Å²) >= 11 is 0. The molecule has 2 aromatic rings. The molecule has 132 valence electrons. The molecule has 0 fully saturated rings. The maximum atomic E-state index is 12.3. The van der Waals surface area contributed by atoms with E-state index in [2.05, 4.69) is 5.32 Å². The fourth-order valence-electron chi connectivity index (χ4n) is 2.54. The second-order valence-electron chi connectivity index (χ2n) is 5.77. The zero-order chi connectivity index (χ0) is 18.1. The summed E-state index contributed by atoms with van der Waals surface area (Å²) in [4.78, 5) is 24.5. The second kappa shape index (κ2) is 9.59. The van der Waals surface area contributed by atoms with Crippen molar-refractivity contribution in [3.05, 3.63) is 71.8 Å². The van der Waals surface area contributed by atoms with Gasteiger partial charge < -0.3 is 15.8 Å². The van der Waals surface area contributed by atoms with E-state index in [9.17, 15) is 9.59 Å². The second-order valence-corrected chi connectivity index (χ2v) is 5.77. The molecule has 0 aliphatic heterocycles. The lowest BCUT2D eigenvalue weighted by molar-refractivity contribution is -0.147. The lowest BCUT2D eigenvalue weighted by atomic mass is 9.99. The zero-order valence-electron chi connectivity index (χ0n) is 14.4. The number of carbonyl (C=O) groups is 2. The molecule has 0 heterocycles. The normalized spacial score (nSPS) is 12.9. The van der Waals surface area contributed by atoms with Crippen LogP contribution in [0.15, 0.2) is 60.7 Å². The highest BCUT2D eigenvalue weighted by atomic mass is 16.5. The minimum atomic E-state index is -0.763. The molecular weight excluding hydrogens is 316 g/mol. The molecule has 2 aromatic carbocycles. The molecule has 5 heteroatoms. The fraction of sp³-hybridized carbons (Fsp3) is 0.300. The number of benzene rings is 2. The Bertz CT molecular complexity index is 674. The number of esters is 1.